The van der Waals surface area contributed by atoms with Gasteiger partial charge in [0.1, 0.15) is 16.5 Å². The number of imidazole rings is 1. The maximum absolute atomic E-state index is 12.4. The van der Waals surface area contributed by atoms with Gasteiger partial charge in [-0.05, 0) is 24.5 Å². The molecular weight excluding hydrogens is 359 g/mol. The van der Waals surface area contributed by atoms with E-state index in [2.05, 4.69) is 14.4 Å². The molecule has 0 saturated carbocycles. The lowest BCUT2D eigenvalue weighted by molar-refractivity contribution is -0.275. The number of para-hydroxylation sites is 1. The molecule has 1 aromatic carbocycles. The molecule has 25 heavy (non-hydrogen) atoms. The van der Waals surface area contributed by atoms with Crippen molar-refractivity contribution < 1.29 is 26.3 Å². The van der Waals surface area contributed by atoms with Crippen molar-refractivity contribution >= 4 is 10.0 Å². The molecule has 2 heterocycles. The third kappa shape index (κ3) is 4.31. The number of hydrogen-bond acceptors (Lipinski definition) is 4. The minimum absolute atomic E-state index is 0.0281. The smallest absolute Gasteiger partial charge is 0.404 e. The van der Waals surface area contributed by atoms with Gasteiger partial charge < -0.3 is 9.30 Å². The minimum atomic E-state index is -4.97. The van der Waals surface area contributed by atoms with E-state index in [-0.39, 0.29) is 12.5 Å². The summed E-state index contributed by atoms with van der Waals surface area (Å²) >= 11 is 0. The number of aromatic nitrogens is 2. The third-order valence-electron chi connectivity index (χ3n) is 3.98. The summed E-state index contributed by atoms with van der Waals surface area (Å²) in [5.74, 6) is 0.151. The molecule has 0 aliphatic carbocycles. The fourth-order valence-corrected chi connectivity index (χ4v) is 4.02. The van der Waals surface area contributed by atoms with Gasteiger partial charge in [-0.25, -0.2) is 18.1 Å². The number of halogens is 3. The van der Waals surface area contributed by atoms with Crippen LogP contribution in [-0.4, -0.2) is 30.9 Å². The van der Waals surface area contributed by atoms with E-state index in [0.29, 0.717) is 6.42 Å². The standard InChI is InChI=1S/C15H16F3N3O3S/c16-15(17,18)24-12-3-1-2-4-13(12)25(22,23)20-10-11-5-7-21-8-6-19-14(21)9-11/h1-4,6,8,11,20H,5,7,9-10H2/t11-/m1/s1. The topological polar surface area (TPSA) is 73.2 Å². The fraction of sp³-hybridized carbons (Fsp3) is 0.400. The lowest BCUT2D eigenvalue weighted by Gasteiger charge is -2.23. The van der Waals surface area contributed by atoms with Crippen LogP contribution in [0.1, 0.15) is 12.2 Å². The third-order valence-corrected chi connectivity index (χ3v) is 5.44. The largest absolute Gasteiger partial charge is 0.573 e. The first-order valence-electron chi connectivity index (χ1n) is 7.59. The predicted molar refractivity (Wildman–Crippen MR) is 82.4 cm³/mol. The van der Waals surface area contributed by atoms with Crippen molar-refractivity contribution in [3.8, 4) is 5.75 Å². The molecule has 0 radical (unpaired) electrons. The van der Waals surface area contributed by atoms with E-state index < -0.39 is 27.0 Å². The summed E-state index contributed by atoms with van der Waals surface area (Å²) in [5.41, 5.74) is 0. The maximum Gasteiger partial charge on any atom is 0.573 e. The number of benzene rings is 1. The molecule has 0 saturated heterocycles. The van der Waals surface area contributed by atoms with Crippen molar-refractivity contribution in [1.29, 1.82) is 0 Å². The Labute approximate surface area is 142 Å². The number of nitrogens with one attached hydrogen (secondary N) is 1. The zero-order chi connectivity index (χ0) is 18.1. The van der Waals surface area contributed by atoms with Crippen LogP contribution in [0.4, 0.5) is 13.2 Å². The molecule has 0 bridgehead atoms. The highest BCUT2D eigenvalue weighted by atomic mass is 32.2. The van der Waals surface area contributed by atoms with Crippen molar-refractivity contribution in [2.24, 2.45) is 5.92 Å². The van der Waals surface area contributed by atoms with Crippen LogP contribution in [0.15, 0.2) is 41.6 Å². The van der Waals surface area contributed by atoms with Gasteiger partial charge in [-0.1, -0.05) is 12.1 Å². The maximum atomic E-state index is 12.4. The SMILES string of the molecule is O=S(=O)(NC[C@@H]1CCn2ccnc2C1)c1ccccc1OC(F)(F)F. The molecule has 6 nitrogen and oxygen atoms in total. The normalized spacial score (nSPS) is 18.0. The quantitative estimate of drug-likeness (QED) is 0.871. The van der Waals surface area contributed by atoms with Gasteiger partial charge in [0.25, 0.3) is 0 Å². The average Bonchev–Trinajstić information content (AvgIpc) is 2.99. The first kappa shape index (κ1) is 17.7. The Bertz CT molecular complexity index is 849. The second kappa shape index (κ2) is 6.68. The molecule has 1 atom stereocenters. The molecule has 0 fully saturated rings. The number of aryl methyl sites for hydroxylation is 1. The number of sulfonamides is 1. The van der Waals surface area contributed by atoms with Crippen LogP contribution in [0, 0.1) is 5.92 Å². The summed E-state index contributed by atoms with van der Waals surface area (Å²) in [4.78, 5) is 3.67. The molecule has 136 valence electrons. The van der Waals surface area contributed by atoms with Crippen LogP contribution in [-0.2, 0) is 23.0 Å². The Morgan fingerprint density at radius 2 is 2.08 bits per heavy atom. The molecule has 1 aliphatic heterocycles. The van der Waals surface area contributed by atoms with Crippen molar-refractivity contribution in [2.45, 2.75) is 30.6 Å². The molecule has 0 spiro atoms. The van der Waals surface area contributed by atoms with Crippen LogP contribution in [0.5, 0.6) is 5.75 Å². The van der Waals surface area contributed by atoms with Gasteiger partial charge in [0.15, 0.2) is 0 Å². The summed E-state index contributed by atoms with van der Waals surface area (Å²) in [6, 6.07) is 4.67. The number of alkyl halides is 3. The molecule has 3 rings (SSSR count). The minimum Gasteiger partial charge on any atom is -0.404 e. The van der Waals surface area contributed by atoms with Crippen molar-refractivity contribution in [2.75, 3.05) is 6.54 Å². The van der Waals surface area contributed by atoms with Gasteiger partial charge >= 0.3 is 6.36 Å². The predicted octanol–water partition coefficient (Wildman–Crippen LogP) is 2.32. The summed E-state index contributed by atoms with van der Waals surface area (Å²) in [6.45, 7) is 0.852. The highest BCUT2D eigenvalue weighted by molar-refractivity contribution is 7.89. The zero-order valence-electron chi connectivity index (χ0n) is 13.0. The van der Waals surface area contributed by atoms with Crippen molar-refractivity contribution in [3.63, 3.8) is 0 Å². The van der Waals surface area contributed by atoms with E-state index in [1.54, 1.807) is 6.20 Å². The first-order chi connectivity index (χ1) is 11.7. The first-order valence-corrected chi connectivity index (χ1v) is 9.07. The molecule has 2 aromatic rings. The molecule has 0 unspecified atom stereocenters. The lowest BCUT2D eigenvalue weighted by Crippen LogP contribution is -2.33. The highest BCUT2D eigenvalue weighted by Gasteiger charge is 2.34. The number of nitrogens with zero attached hydrogens (tertiary/aromatic N) is 2. The van der Waals surface area contributed by atoms with Gasteiger partial charge in [0.2, 0.25) is 10.0 Å². The Morgan fingerprint density at radius 3 is 2.84 bits per heavy atom. The second-order valence-electron chi connectivity index (χ2n) is 5.74. The molecule has 0 amide bonds. The monoisotopic (exact) mass is 375 g/mol. The summed E-state index contributed by atoms with van der Waals surface area (Å²) in [5, 5.41) is 0. The average molecular weight is 375 g/mol. The summed E-state index contributed by atoms with van der Waals surface area (Å²) in [6.07, 6.45) is -0.0537. The highest BCUT2D eigenvalue weighted by Crippen LogP contribution is 2.29. The molecule has 1 N–H and O–H groups in total. The molecule has 1 aromatic heterocycles. The van der Waals surface area contributed by atoms with Crippen LogP contribution in [0.3, 0.4) is 0 Å². The van der Waals surface area contributed by atoms with E-state index in [9.17, 15) is 21.6 Å². The zero-order valence-corrected chi connectivity index (χ0v) is 13.8. The van der Waals surface area contributed by atoms with Gasteiger partial charge in [-0.2, -0.15) is 0 Å². The Hall–Kier alpha value is -2.07. The fourth-order valence-electron chi connectivity index (χ4n) is 2.78. The lowest BCUT2D eigenvalue weighted by atomic mass is 9.98. The van der Waals surface area contributed by atoms with Crippen LogP contribution in [0.2, 0.25) is 0 Å². The van der Waals surface area contributed by atoms with Crippen molar-refractivity contribution in [3.05, 3.63) is 42.5 Å². The van der Waals surface area contributed by atoms with Crippen LogP contribution < -0.4 is 9.46 Å². The van der Waals surface area contributed by atoms with Crippen molar-refractivity contribution in [1.82, 2.24) is 14.3 Å². The molecule has 1 aliphatic rings. The number of ether oxygens (including phenoxy) is 1. The number of hydrogen-bond donors (Lipinski definition) is 1. The van der Waals surface area contributed by atoms with E-state index in [0.717, 1.165) is 30.9 Å². The van der Waals surface area contributed by atoms with Crippen LogP contribution >= 0.6 is 0 Å². The Balaban J connectivity index is 1.71. The Kier molecular flexibility index (Phi) is 4.74. The van der Waals surface area contributed by atoms with Crippen LogP contribution in [0.25, 0.3) is 0 Å². The van der Waals surface area contributed by atoms with E-state index in [1.165, 1.54) is 12.1 Å². The van der Waals surface area contributed by atoms with E-state index >= 15 is 0 Å². The van der Waals surface area contributed by atoms with E-state index in [1.807, 2.05) is 10.8 Å². The summed E-state index contributed by atoms with van der Waals surface area (Å²) in [7, 11) is -4.13. The second-order valence-corrected chi connectivity index (χ2v) is 7.48. The van der Waals surface area contributed by atoms with Gasteiger partial charge in [-0.3, -0.25) is 0 Å². The van der Waals surface area contributed by atoms with Gasteiger partial charge in [0.05, 0.1) is 0 Å². The van der Waals surface area contributed by atoms with E-state index in [4.69, 9.17) is 0 Å². The number of rotatable bonds is 5. The molecular formula is C15H16F3N3O3S. The Morgan fingerprint density at radius 1 is 1.32 bits per heavy atom. The number of fused-ring (bicyclic) bond motifs is 1. The molecule has 10 heteroatoms. The summed E-state index contributed by atoms with van der Waals surface area (Å²) < 4.78 is 70.3. The van der Waals surface area contributed by atoms with Gasteiger partial charge in [-0.15, -0.1) is 13.2 Å². The van der Waals surface area contributed by atoms with Gasteiger partial charge in [0, 0.05) is 31.9 Å².